The average Bonchev–Trinajstić information content (AvgIpc) is 2.71. The molecule has 1 N–H and O–H groups in total. The second-order valence-electron chi connectivity index (χ2n) is 7.01. The van der Waals surface area contributed by atoms with Gasteiger partial charge in [0.15, 0.2) is 0 Å². The Balaban J connectivity index is 1.72. The number of amidine groups is 1. The van der Waals surface area contributed by atoms with Gasteiger partial charge in [0.2, 0.25) is 0 Å². The van der Waals surface area contributed by atoms with E-state index in [2.05, 4.69) is 29.2 Å². The number of morpholine rings is 1. The monoisotopic (exact) mass is 332 g/mol. The van der Waals surface area contributed by atoms with E-state index in [1.54, 1.807) is 0 Å². The topological polar surface area (TPSA) is 45.1 Å². The summed E-state index contributed by atoms with van der Waals surface area (Å²) in [5.41, 5.74) is 0.690. The Labute approximate surface area is 141 Å². The van der Waals surface area contributed by atoms with Crippen LogP contribution in [0.1, 0.15) is 31.7 Å². The molecule has 3 aliphatic rings. The van der Waals surface area contributed by atoms with Crippen LogP contribution in [-0.2, 0) is 4.74 Å². The first-order valence-electron chi connectivity index (χ1n) is 8.51. The van der Waals surface area contributed by atoms with Gasteiger partial charge in [0, 0.05) is 28.8 Å². The van der Waals surface area contributed by atoms with Crippen molar-refractivity contribution >= 4 is 17.6 Å². The molecule has 5 heteroatoms. The van der Waals surface area contributed by atoms with Crippen LogP contribution in [-0.4, -0.2) is 59.0 Å². The van der Waals surface area contributed by atoms with E-state index in [0.717, 1.165) is 51.4 Å². The number of benzene rings is 1. The number of ether oxygens (including phenoxy) is 1. The molecule has 4 rings (SSSR count). The highest BCUT2D eigenvalue weighted by molar-refractivity contribution is 8.00. The van der Waals surface area contributed by atoms with E-state index in [0.29, 0.717) is 11.3 Å². The predicted molar refractivity (Wildman–Crippen MR) is 93.3 cm³/mol. The molecule has 0 bridgehead atoms. The van der Waals surface area contributed by atoms with Crippen LogP contribution in [0.2, 0.25) is 0 Å². The van der Waals surface area contributed by atoms with Gasteiger partial charge in [-0.05, 0) is 32.3 Å². The molecule has 23 heavy (non-hydrogen) atoms. The van der Waals surface area contributed by atoms with Gasteiger partial charge in [-0.1, -0.05) is 18.2 Å². The molecule has 4 nitrogen and oxygen atoms in total. The van der Waals surface area contributed by atoms with E-state index in [4.69, 9.17) is 9.73 Å². The third-order valence-corrected chi connectivity index (χ3v) is 6.45. The van der Waals surface area contributed by atoms with E-state index in [-0.39, 0.29) is 0 Å². The van der Waals surface area contributed by atoms with Gasteiger partial charge < -0.3 is 14.7 Å². The van der Waals surface area contributed by atoms with Crippen molar-refractivity contribution in [2.75, 3.05) is 26.3 Å². The lowest BCUT2D eigenvalue weighted by molar-refractivity contribution is 0.0205. The molecule has 2 fully saturated rings. The summed E-state index contributed by atoms with van der Waals surface area (Å²) in [7, 11) is 0. The highest BCUT2D eigenvalue weighted by Crippen LogP contribution is 2.43. The van der Waals surface area contributed by atoms with Crippen LogP contribution >= 0.6 is 11.8 Å². The number of hydrogen-bond donors (Lipinski definition) is 1. The van der Waals surface area contributed by atoms with E-state index in [1.807, 2.05) is 18.7 Å². The lowest BCUT2D eigenvalue weighted by Gasteiger charge is -2.37. The summed E-state index contributed by atoms with van der Waals surface area (Å²) in [5.74, 6) is 1.13. The average molecular weight is 332 g/mol. The summed E-state index contributed by atoms with van der Waals surface area (Å²) in [6.07, 6.45) is 2.62. The molecule has 1 aromatic rings. The summed E-state index contributed by atoms with van der Waals surface area (Å²) >= 11 is 1.90. The molecule has 3 unspecified atom stereocenters. The maximum Gasteiger partial charge on any atom is 0.132 e. The quantitative estimate of drug-likeness (QED) is 0.793. The molecule has 1 saturated heterocycles. The molecule has 1 saturated carbocycles. The van der Waals surface area contributed by atoms with Crippen LogP contribution in [0, 0.1) is 0 Å². The summed E-state index contributed by atoms with van der Waals surface area (Å²) in [4.78, 5) is 8.85. The number of fused-ring (bicyclic) bond motifs is 2. The third kappa shape index (κ3) is 3.14. The molecule has 0 aromatic heterocycles. The zero-order valence-corrected chi connectivity index (χ0v) is 14.4. The van der Waals surface area contributed by atoms with Crippen molar-refractivity contribution in [3.05, 3.63) is 29.8 Å². The fraction of sp³-hybridized carbons (Fsp3) is 0.611. The molecule has 1 aliphatic carbocycles. The molecule has 3 atom stereocenters. The fourth-order valence-electron chi connectivity index (χ4n) is 3.76. The number of aliphatic imine (C=N–C) groups is 1. The Kier molecular flexibility index (Phi) is 4.12. The minimum absolute atomic E-state index is 0.297. The van der Waals surface area contributed by atoms with Crippen LogP contribution < -0.4 is 0 Å². The van der Waals surface area contributed by atoms with Crippen molar-refractivity contribution in [3.63, 3.8) is 0 Å². The van der Waals surface area contributed by atoms with Crippen LogP contribution in [0.25, 0.3) is 0 Å². The summed E-state index contributed by atoms with van der Waals surface area (Å²) in [5, 5.41) is 10.8. The smallest absolute Gasteiger partial charge is 0.132 e. The van der Waals surface area contributed by atoms with Crippen molar-refractivity contribution in [1.29, 1.82) is 0 Å². The van der Waals surface area contributed by atoms with Gasteiger partial charge in [0.1, 0.15) is 5.84 Å². The summed E-state index contributed by atoms with van der Waals surface area (Å²) in [6.45, 7) is 5.33. The molecule has 1 aromatic carbocycles. The lowest BCUT2D eigenvalue weighted by atomic mass is 9.83. The van der Waals surface area contributed by atoms with Gasteiger partial charge in [-0.15, -0.1) is 11.8 Å². The first kappa shape index (κ1) is 15.5. The number of hydrogen-bond acceptors (Lipinski definition) is 5. The molecule has 0 radical (unpaired) electrons. The molecule has 0 amide bonds. The number of rotatable bonds is 0. The van der Waals surface area contributed by atoms with Crippen molar-refractivity contribution < 1.29 is 9.84 Å². The first-order chi connectivity index (χ1) is 11.1. The van der Waals surface area contributed by atoms with Crippen LogP contribution in [0.3, 0.4) is 0 Å². The van der Waals surface area contributed by atoms with Crippen LogP contribution in [0.4, 0.5) is 0 Å². The maximum atomic E-state index is 10.5. The maximum absolute atomic E-state index is 10.5. The molecule has 2 aliphatic heterocycles. The van der Waals surface area contributed by atoms with E-state index in [9.17, 15) is 5.11 Å². The Bertz CT molecular complexity index is 611. The zero-order chi connectivity index (χ0) is 15.9. The van der Waals surface area contributed by atoms with E-state index >= 15 is 0 Å². The van der Waals surface area contributed by atoms with Crippen molar-refractivity contribution in [2.24, 2.45) is 4.99 Å². The molecule has 0 spiro atoms. The minimum Gasteiger partial charge on any atom is -0.390 e. The second kappa shape index (κ2) is 6.11. The minimum atomic E-state index is -0.553. The largest absolute Gasteiger partial charge is 0.390 e. The van der Waals surface area contributed by atoms with Crippen LogP contribution in [0.5, 0.6) is 0 Å². The Morgan fingerprint density at radius 2 is 2.09 bits per heavy atom. The predicted octanol–water partition coefficient (Wildman–Crippen LogP) is 2.54. The molecule has 2 heterocycles. The van der Waals surface area contributed by atoms with E-state index < -0.39 is 5.60 Å². The summed E-state index contributed by atoms with van der Waals surface area (Å²) < 4.78 is 5.51. The van der Waals surface area contributed by atoms with Gasteiger partial charge in [-0.25, -0.2) is 0 Å². The highest BCUT2D eigenvalue weighted by atomic mass is 32.2. The SMILES string of the molecule is CC1(O)CCC2N=C(N3CCOCC3)c3ccccc3SC2C1. The molecular formula is C18H24N2O2S. The Morgan fingerprint density at radius 1 is 1.30 bits per heavy atom. The van der Waals surface area contributed by atoms with Crippen LogP contribution in [0.15, 0.2) is 34.2 Å². The molecule has 124 valence electrons. The first-order valence-corrected chi connectivity index (χ1v) is 9.39. The fourth-order valence-corrected chi connectivity index (χ4v) is 5.32. The van der Waals surface area contributed by atoms with Crippen molar-refractivity contribution in [2.45, 2.75) is 48.0 Å². The van der Waals surface area contributed by atoms with Gasteiger partial charge in [0.05, 0.1) is 24.9 Å². The standard InChI is InChI=1S/C18H24N2O2S/c1-18(21)7-6-14-16(12-18)23-15-5-3-2-4-13(15)17(19-14)20-8-10-22-11-9-20/h2-5,14,16,21H,6-12H2,1H3. The van der Waals surface area contributed by atoms with Gasteiger partial charge in [0.25, 0.3) is 0 Å². The van der Waals surface area contributed by atoms with E-state index in [1.165, 1.54) is 10.5 Å². The summed E-state index contributed by atoms with van der Waals surface area (Å²) in [6, 6.07) is 8.88. The van der Waals surface area contributed by atoms with Gasteiger partial charge in [-0.2, -0.15) is 0 Å². The Hall–Kier alpha value is -1.04. The highest BCUT2D eigenvalue weighted by Gasteiger charge is 2.39. The van der Waals surface area contributed by atoms with Gasteiger partial charge in [-0.3, -0.25) is 4.99 Å². The number of thioether (sulfide) groups is 1. The number of aliphatic hydroxyl groups is 1. The lowest BCUT2D eigenvalue weighted by Crippen LogP contribution is -2.43. The third-order valence-electron chi connectivity index (χ3n) is 5.05. The zero-order valence-electron chi connectivity index (χ0n) is 13.6. The van der Waals surface area contributed by atoms with Gasteiger partial charge >= 0.3 is 0 Å². The second-order valence-corrected chi connectivity index (χ2v) is 8.29. The Morgan fingerprint density at radius 3 is 2.91 bits per heavy atom. The molecular weight excluding hydrogens is 308 g/mol. The van der Waals surface area contributed by atoms with Crippen molar-refractivity contribution in [1.82, 2.24) is 4.90 Å². The van der Waals surface area contributed by atoms with Crippen molar-refractivity contribution in [3.8, 4) is 0 Å². The number of nitrogens with zero attached hydrogens (tertiary/aromatic N) is 2. The normalized spacial score (nSPS) is 34.2.